The Morgan fingerprint density at radius 3 is 2.37 bits per heavy atom. The number of amides is 1. The number of nitrogens with one attached hydrogen (secondary N) is 1. The van der Waals surface area contributed by atoms with Gasteiger partial charge in [-0.3, -0.25) is 0 Å². The van der Waals surface area contributed by atoms with Crippen molar-refractivity contribution in [3.8, 4) is 0 Å². The van der Waals surface area contributed by atoms with E-state index in [-0.39, 0.29) is 13.0 Å². The van der Waals surface area contributed by atoms with Gasteiger partial charge in [-0.1, -0.05) is 0 Å². The van der Waals surface area contributed by atoms with E-state index in [0.29, 0.717) is 0 Å². The van der Waals surface area contributed by atoms with E-state index in [0.717, 1.165) is 0 Å². The number of hydrogen-bond donors (Lipinski definition) is 1. The van der Waals surface area contributed by atoms with E-state index in [1.807, 2.05) is 0 Å². The third-order valence-corrected chi connectivity index (χ3v) is 2.68. The molecule has 1 amide bonds. The summed E-state index contributed by atoms with van der Waals surface area (Å²) in [6.45, 7) is 6.55. The topological polar surface area (TPSA) is 64.6 Å². The van der Waals surface area contributed by atoms with Gasteiger partial charge >= 0.3 is 12.1 Å². The van der Waals surface area contributed by atoms with Crippen LogP contribution in [0.1, 0.15) is 34.1 Å². The molecular formula is C12H19F2NO4. The van der Waals surface area contributed by atoms with E-state index >= 15 is 0 Å². The summed E-state index contributed by atoms with van der Waals surface area (Å²) >= 11 is 0. The van der Waals surface area contributed by atoms with Crippen LogP contribution in [0.15, 0.2) is 0 Å². The van der Waals surface area contributed by atoms with Crippen LogP contribution in [0.3, 0.4) is 0 Å². The van der Waals surface area contributed by atoms with Crippen LogP contribution in [0.5, 0.6) is 0 Å². The molecule has 0 aromatic carbocycles. The standard InChI is InChI=1S/C12H19F2NO4/c1-5-18-9(16)12(6-7(12)8(13)14)15-10(17)19-11(2,3)4/h7-8H,5-6H2,1-4H3,(H,15,17)/t7-,12+/m0/s1. The van der Waals surface area contributed by atoms with Gasteiger partial charge in [0.15, 0.2) is 0 Å². The number of alkyl halides is 2. The number of alkyl carbamates (subject to hydrolysis) is 1. The SMILES string of the molecule is CCOC(=O)[C@@]1(NC(=O)OC(C)(C)C)C[C@H]1C(F)F. The molecule has 1 aliphatic rings. The van der Waals surface area contributed by atoms with Crippen molar-refractivity contribution in [1.29, 1.82) is 0 Å². The lowest BCUT2D eigenvalue weighted by Gasteiger charge is -2.23. The molecule has 5 nitrogen and oxygen atoms in total. The van der Waals surface area contributed by atoms with Gasteiger partial charge in [0.05, 0.1) is 12.5 Å². The summed E-state index contributed by atoms with van der Waals surface area (Å²) in [6.07, 6.45) is -3.73. The van der Waals surface area contributed by atoms with Crippen molar-refractivity contribution in [2.75, 3.05) is 6.61 Å². The van der Waals surface area contributed by atoms with Crippen molar-refractivity contribution >= 4 is 12.1 Å². The van der Waals surface area contributed by atoms with E-state index in [4.69, 9.17) is 9.47 Å². The zero-order chi connectivity index (χ0) is 14.8. The second-order valence-corrected chi connectivity index (χ2v) is 5.46. The number of rotatable bonds is 4. The van der Waals surface area contributed by atoms with Gasteiger partial charge in [-0.15, -0.1) is 0 Å². The fourth-order valence-corrected chi connectivity index (χ4v) is 1.77. The molecule has 0 unspecified atom stereocenters. The van der Waals surface area contributed by atoms with E-state index < -0.39 is 35.5 Å². The lowest BCUT2D eigenvalue weighted by Crippen LogP contribution is -2.48. The Morgan fingerprint density at radius 1 is 1.42 bits per heavy atom. The molecule has 7 heteroatoms. The second-order valence-electron chi connectivity index (χ2n) is 5.46. The third-order valence-electron chi connectivity index (χ3n) is 2.68. The molecule has 1 N–H and O–H groups in total. The van der Waals surface area contributed by atoms with Gasteiger partial charge in [-0.25, -0.2) is 18.4 Å². The molecule has 110 valence electrons. The minimum atomic E-state index is -2.70. The monoisotopic (exact) mass is 279 g/mol. The maximum atomic E-state index is 12.7. The van der Waals surface area contributed by atoms with E-state index in [1.165, 1.54) is 0 Å². The van der Waals surface area contributed by atoms with Gasteiger partial charge in [0.1, 0.15) is 11.1 Å². The first-order valence-electron chi connectivity index (χ1n) is 6.09. The van der Waals surface area contributed by atoms with E-state index in [1.54, 1.807) is 27.7 Å². The van der Waals surface area contributed by atoms with Crippen LogP contribution < -0.4 is 5.32 Å². The van der Waals surface area contributed by atoms with Crippen LogP contribution in [-0.4, -0.2) is 36.2 Å². The van der Waals surface area contributed by atoms with Gasteiger partial charge in [-0.05, 0) is 34.1 Å². The number of hydrogen-bond acceptors (Lipinski definition) is 4. The summed E-state index contributed by atoms with van der Waals surface area (Å²) in [5.41, 5.74) is -2.42. The molecule has 2 atom stereocenters. The minimum absolute atomic E-state index is 0.0620. The van der Waals surface area contributed by atoms with E-state index in [2.05, 4.69) is 5.32 Å². The average Bonchev–Trinajstić information content (AvgIpc) is 2.91. The van der Waals surface area contributed by atoms with Gasteiger partial charge in [0, 0.05) is 0 Å². The number of carbonyl (C=O) groups is 2. The Labute approximate surface area is 110 Å². The molecule has 0 spiro atoms. The smallest absolute Gasteiger partial charge is 0.408 e. The van der Waals surface area contributed by atoms with Crippen molar-refractivity contribution in [1.82, 2.24) is 5.32 Å². The Morgan fingerprint density at radius 2 is 2.00 bits per heavy atom. The molecular weight excluding hydrogens is 260 g/mol. The Hall–Kier alpha value is -1.40. The van der Waals surface area contributed by atoms with Gasteiger partial charge in [-0.2, -0.15) is 0 Å². The Balaban J connectivity index is 2.73. The number of ether oxygens (including phenoxy) is 2. The van der Waals surface area contributed by atoms with Crippen molar-refractivity contribution in [2.45, 2.75) is 51.7 Å². The second kappa shape index (κ2) is 5.30. The maximum Gasteiger partial charge on any atom is 0.408 e. The molecule has 0 aromatic heterocycles. The van der Waals surface area contributed by atoms with Crippen molar-refractivity contribution in [2.24, 2.45) is 5.92 Å². The summed E-state index contributed by atoms with van der Waals surface area (Å²) in [5, 5.41) is 2.22. The highest BCUT2D eigenvalue weighted by atomic mass is 19.3. The average molecular weight is 279 g/mol. The zero-order valence-electron chi connectivity index (χ0n) is 11.5. The molecule has 0 bridgehead atoms. The quantitative estimate of drug-likeness (QED) is 0.800. The van der Waals surface area contributed by atoms with Crippen LogP contribution in [0.2, 0.25) is 0 Å². The van der Waals surface area contributed by atoms with Crippen molar-refractivity contribution < 1.29 is 27.8 Å². The van der Waals surface area contributed by atoms with Crippen molar-refractivity contribution in [3.63, 3.8) is 0 Å². The van der Waals surface area contributed by atoms with Crippen LogP contribution in [0.25, 0.3) is 0 Å². The summed E-state index contributed by atoms with van der Waals surface area (Å²) in [7, 11) is 0. The first-order chi connectivity index (χ1) is 8.62. The Bertz CT molecular complexity index is 367. The highest BCUT2D eigenvalue weighted by Crippen LogP contribution is 2.48. The number of halogens is 2. The molecule has 1 saturated carbocycles. The first-order valence-corrected chi connectivity index (χ1v) is 6.09. The summed E-state index contributed by atoms with van der Waals surface area (Å²) in [5.74, 6) is -2.06. The Kier molecular flexibility index (Phi) is 4.37. The predicted molar refractivity (Wildman–Crippen MR) is 62.8 cm³/mol. The third kappa shape index (κ3) is 3.78. The zero-order valence-corrected chi connectivity index (χ0v) is 11.5. The van der Waals surface area contributed by atoms with Crippen LogP contribution >= 0.6 is 0 Å². The van der Waals surface area contributed by atoms with Gasteiger partial charge < -0.3 is 14.8 Å². The molecule has 0 saturated heterocycles. The van der Waals surface area contributed by atoms with E-state index in [9.17, 15) is 18.4 Å². The molecule has 1 rings (SSSR count). The fourth-order valence-electron chi connectivity index (χ4n) is 1.77. The molecule has 1 fully saturated rings. The molecule has 0 heterocycles. The highest BCUT2D eigenvalue weighted by Gasteiger charge is 2.66. The first kappa shape index (κ1) is 15.7. The number of esters is 1. The van der Waals surface area contributed by atoms with Gasteiger partial charge in [0.2, 0.25) is 6.43 Å². The lowest BCUT2D eigenvalue weighted by molar-refractivity contribution is -0.148. The normalized spacial score (nSPS) is 25.9. The van der Waals surface area contributed by atoms with Crippen LogP contribution in [0, 0.1) is 5.92 Å². The van der Waals surface area contributed by atoms with Crippen LogP contribution in [-0.2, 0) is 14.3 Å². The molecule has 0 aromatic rings. The summed E-state index contributed by atoms with van der Waals surface area (Å²) in [6, 6.07) is 0. The predicted octanol–water partition coefficient (Wildman–Crippen LogP) is 2.10. The fraction of sp³-hybridized carbons (Fsp3) is 0.833. The molecule has 19 heavy (non-hydrogen) atoms. The summed E-state index contributed by atoms with van der Waals surface area (Å²) < 4.78 is 35.1. The largest absolute Gasteiger partial charge is 0.464 e. The lowest BCUT2D eigenvalue weighted by atomic mass is 10.2. The summed E-state index contributed by atoms with van der Waals surface area (Å²) in [4.78, 5) is 23.3. The minimum Gasteiger partial charge on any atom is -0.464 e. The molecule has 1 aliphatic carbocycles. The molecule has 0 aliphatic heterocycles. The van der Waals surface area contributed by atoms with Crippen molar-refractivity contribution in [3.05, 3.63) is 0 Å². The van der Waals surface area contributed by atoms with Crippen LogP contribution in [0.4, 0.5) is 13.6 Å². The number of carbonyl (C=O) groups excluding carboxylic acids is 2. The molecule has 0 radical (unpaired) electrons. The highest BCUT2D eigenvalue weighted by molar-refractivity contribution is 5.89. The van der Waals surface area contributed by atoms with Gasteiger partial charge in [0.25, 0.3) is 0 Å². The maximum absolute atomic E-state index is 12.7.